The molecule has 0 unspecified atom stereocenters. The minimum atomic E-state index is -0.391. The van der Waals surface area contributed by atoms with Gasteiger partial charge in [0.05, 0.1) is 12.2 Å². The van der Waals surface area contributed by atoms with Crippen LogP contribution in [0.25, 0.3) is 0 Å². The number of nitrogens with zero attached hydrogens (tertiary/aromatic N) is 1. The molecule has 1 aliphatic rings. The minimum Gasteiger partial charge on any atom is -0.493 e. The van der Waals surface area contributed by atoms with Crippen molar-refractivity contribution in [2.45, 2.75) is 20.3 Å². The molecule has 3 rings (SSSR count). The lowest BCUT2D eigenvalue weighted by molar-refractivity contribution is 0.262. The highest BCUT2D eigenvalue weighted by Crippen LogP contribution is 2.31. The number of urea groups is 1. The first-order valence-electron chi connectivity index (χ1n) is 7.02. The topological polar surface area (TPSA) is 89.9 Å². The van der Waals surface area contributed by atoms with Crippen molar-refractivity contribution in [3.63, 3.8) is 0 Å². The second-order valence-electron chi connectivity index (χ2n) is 5.20. The predicted octanol–water partition coefficient (Wildman–Crippen LogP) is 3.08. The molecule has 22 heavy (non-hydrogen) atoms. The molecular weight excluding hydrogens is 280 g/mol. The molecule has 2 aromatic rings. The first-order chi connectivity index (χ1) is 10.6. The number of anilines is 2. The molecule has 0 saturated heterocycles. The van der Waals surface area contributed by atoms with Gasteiger partial charge in [-0.3, -0.25) is 5.32 Å². The number of rotatable bonds is 2. The molecule has 6 nitrogen and oxygen atoms in total. The zero-order chi connectivity index (χ0) is 15.7. The summed E-state index contributed by atoms with van der Waals surface area (Å²) in [5.74, 6) is 1.22. The zero-order valence-electron chi connectivity index (χ0n) is 12.4. The zero-order valence-corrected chi connectivity index (χ0v) is 12.4. The van der Waals surface area contributed by atoms with Crippen LogP contribution in [-0.4, -0.2) is 17.6 Å². The van der Waals surface area contributed by atoms with Gasteiger partial charge in [-0.1, -0.05) is 6.07 Å². The molecule has 0 saturated carbocycles. The Balaban J connectivity index is 1.78. The normalized spacial score (nSPS) is 12.2. The van der Waals surface area contributed by atoms with E-state index >= 15 is 0 Å². The van der Waals surface area contributed by atoms with Gasteiger partial charge in [-0.25, -0.2) is 4.79 Å². The SMILES string of the molecule is Cc1[nH]c(NC(=O)Nc2cccc3c2CCO3)c(C#N)c1C. The number of aryl methyl sites for hydroxylation is 1. The summed E-state index contributed by atoms with van der Waals surface area (Å²) in [6, 6.07) is 7.27. The molecule has 0 atom stereocenters. The van der Waals surface area contributed by atoms with Gasteiger partial charge in [-0.15, -0.1) is 0 Å². The van der Waals surface area contributed by atoms with Gasteiger partial charge in [0.25, 0.3) is 0 Å². The van der Waals surface area contributed by atoms with Crippen LogP contribution in [0.1, 0.15) is 22.4 Å². The maximum absolute atomic E-state index is 12.2. The van der Waals surface area contributed by atoms with Crippen LogP contribution in [0.3, 0.4) is 0 Å². The maximum atomic E-state index is 12.2. The Labute approximate surface area is 128 Å². The van der Waals surface area contributed by atoms with Crippen LogP contribution >= 0.6 is 0 Å². The number of fused-ring (bicyclic) bond motifs is 1. The molecule has 1 aromatic heterocycles. The molecule has 3 N–H and O–H groups in total. The molecule has 6 heteroatoms. The van der Waals surface area contributed by atoms with Gasteiger partial charge in [0.1, 0.15) is 17.6 Å². The Morgan fingerprint density at radius 2 is 2.18 bits per heavy atom. The largest absolute Gasteiger partial charge is 0.493 e. The number of aromatic amines is 1. The molecule has 1 aliphatic heterocycles. The van der Waals surface area contributed by atoms with Crippen LogP contribution in [0.15, 0.2) is 18.2 Å². The Morgan fingerprint density at radius 1 is 1.36 bits per heavy atom. The average molecular weight is 296 g/mol. The van der Waals surface area contributed by atoms with E-state index in [0.29, 0.717) is 18.0 Å². The van der Waals surface area contributed by atoms with Crippen LogP contribution in [0, 0.1) is 25.2 Å². The van der Waals surface area contributed by atoms with Gasteiger partial charge >= 0.3 is 6.03 Å². The first kappa shape index (κ1) is 14.0. The van der Waals surface area contributed by atoms with E-state index < -0.39 is 6.03 Å². The van der Waals surface area contributed by atoms with Crippen molar-refractivity contribution in [1.29, 1.82) is 5.26 Å². The number of benzene rings is 1. The smallest absolute Gasteiger partial charge is 0.324 e. The third-order valence-electron chi connectivity index (χ3n) is 3.84. The lowest BCUT2D eigenvalue weighted by Gasteiger charge is -2.10. The van der Waals surface area contributed by atoms with Crippen molar-refractivity contribution in [2.75, 3.05) is 17.2 Å². The highest BCUT2D eigenvalue weighted by Gasteiger charge is 2.18. The number of aromatic nitrogens is 1. The molecule has 1 aromatic carbocycles. The van der Waals surface area contributed by atoms with Crippen molar-refractivity contribution in [2.24, 2.45) is 0 Å². The predicted molar refractivity (Wildman–Crippen MR) is 83.3 cm³/mol. The van der Waals surface area contributed by atoms with Crippen LogP contribution in [0.4, 0.5) is 16.3 Å². The fourth-order valence-corrected chi connectivity index (χ4v) is 2.56. The van der Waals surface area contributed by atoms with E-state index in [1.807, 2.05) is 32.0 Å². The van der Waals surface area contributed by atoms with E-state index in [9.17, 15) is 10.1 Å². The van der Waals surface area contributed by atoms with Crippen molar-refractivity contribution < 1.29 is 9.53 Å². The molecule has 0 bridgehead atoms. The molecule has 0 aliphatic carbocycles. The molecule has 2 amide bonds. The van der Waals surface area contributed by atoms with Gasteiger partial charge in [0.15, 0.2) is 0 Å². The number of hydrogen-bond donors (Lipinski definition) is 3. The molecule has 0 spiro atoms. The van der Waals surface area contributed by atoms with Crippen LogP contribution in [-0.2, 0) is 6.42 Å². The minimum absolute atomic E-state index is 0.391. The summed E-state index contributed by atoms with van der Waals surface area (Å²) in [5.41, 5.74) is 3.88. The fourth-order valence-electron chi connectivity index (χ4n) is 2.56. The van der Waals surface area contributed by atoms with Crippen molar-refractivity contribution in [1.82, 2.24) is 4.98 Å². The number of carbonyl (C=O) groups excluding carboxylic acids is 1. The molecule has 112 valence electrons. The van der Waals surface area contributed by atoms with E-state index in [2.05, 4.69) is 21.7 Å². The average Bonchev–Trinajstić information content (AvgIpc) is 3.05. The number of nitrogens with one attached hydrogen (secondary N) is 3. The summed E-state index contributed by atoms with van der Waals surface area (Å²) in [6.07, 6.45) is 0.774. The lowest BCUT2D eigenvalue weighted by Crippen LogP contribution is -2.20. The molecule has 0 radical (unpaired) electrons. The van der Waals surface area contributed by atoms with Crippen molar-refractivity contribution in [3.8, 4) is 11.8 Å². The highest BCUT2D eigenvalue weighted by atomic mass is 16.5. The van der Waals surface area contributed by atoms with Crippen molar-refractivity contribution >= 4 is 17.5 Å². The Hall–Kier alpha value is -2.94. The summed E-state index contributed by atoms with van der Waals surface area (Å²) in [5, 5.41) is 14.7. The van der Waals surface area contributed by atoms with E-state index in [0.717, 1.165) is 34.7 Å². The third-order valence-corrected chi connectivity index (χ3v) is 3.84. The number of H-pyrrole nitrogens is 1. The lowest BCUT2D eigenvalue weighted by atomic mass is 10.1. The number of amides is 2. The van der Waals surface area contributed by atoms with Crippen LogP contribution < -0.4 is 15.4 Å². The van der Waals surface area contributed by atoms with E-state index in [1.165, 1.54) is 0 Å². The number of nitriles is 1. The fraction of sp³-hybridized carbons (Fsp3) is 0.250. The van der Waals surface area contributed by atoms with Gasteiger partial charge in [-0.05, 0) is 31.5 Å². The second-order valence-corrected chi connectivity index (χ2v) is 5.20. The monoisotopic (exact) mass is 296 g/mol. The number of carbonyl (C=O) groups is 1. The summed E-state index contributed by atoms with van der Waals surface area (Å²) < 4.78 is 5.47. The molecule has 0 fully saturated rings. The first-order valence-corrected chi connectivity index (χ1v) is 7.02. The van der Waals surface area contributed by atoms with Crippen molar-refractivity contribution in [3.05, 3.63) is 40.6 Å². The summed E-state index contributed by atoms with van der Waals surface area (Å²) in [7, 11) is 0. The Morgan fingerprint density at radius 3 is 2.95 bits per heavy atom. The highest BCUT2D eigenvalue weighted by molar-refractivity contribution is 6.00. The van der Waals surface area contributed by atoms with Gasteiger partial charge < -0.3 is 15.0 Å². The quantitative estimate of drug-likeness (QED) is 0.795. The second kappa shape index (κ2) is 5.45. The summed E-state index contributed by atoms with van der Waals surface area (Å²) in [4.78, 5) is 15.2. The Kier molecular flexibility index (Phi) is 3.47. The standard InChI is InChI=1S/C16H16N4O2/c1-9-10(2)18-15(12(9)8-17)20-16(21)19-13-4-3-5-14-11(13)6-7-22-14/h3-5,18H,6-7H2,1-2H3,(H2,19,20,21). The Bertz CT molecular complexity index is 786. The molecular formula is C16H16N4O2. The van der Waals surface area contributed by atoms with E-state index in [-0.39, 0.29) is 0 Å². The van der Waals surface area contributed by atoms with Gasteiger partial charge in [-0.2, -0.15) is 5.26 Å². The summed E-state index contributed by atoms with van der Waals surface area (Å²) in [6.45, 7) is 4.33. The van der Waals surface area contributed by atoms with E-state index in [1.54, 1.807) is 0 Å². The maximum Gasteiger partial charge on any atom is 0.324 e. The number of ether oxygens (including phenoxy) is 1. The van der Waals surface area contributed by atoms with Crippen LogP contribution in [0.2, 0.25) is 0 Å². The van der Waals surface area contributed by atoms with Gasteiger partial charge in [0, 0.05) is 23.4 Å². The summed E-state index contributed by atoms with van der Waals surface area (Å²) >= 11 is 0. The third kappa shape index (κ3) is 2.37. The van der Waals surface area contributed by atoms with Gasteiger partial charge in [0.2, 0.25) is 0 Å². The van der Waals surface area contributed by atoms with E-state index in [4.69, 9.17) is 4.74 Å². The number of hydrogen-bond acceptors (Lipinski definition) is 3. The molecule has 2 heterocycles. The van der Waals surface area contributed by atoms with Crippen LogP contribution in [0.5, 0.6) is 5.75 Å².